The number of nitrogens with zero attached hydrogens (tertiary/aromatic N) is 2. The van der Waals surface area contributed by atoms with Crippen molar-refractivity contribution in [2.75, 3.05) is 0 Å². The number of allylic oxidation sites excluding steroid dienone is 1. The van der Waals surface area contributed by atoms with Gasteiger partial charge in [0.05, 0.1) is 12.1 Å². The van der Waals surface area contributed by atoms with E-state index in [0.29, 0.717) is 5.01 Å². The Kier molecular flexibility index (Phi) is 4.88. The number of rotatable bonds is 2. The minimum Gasteiger partial charge on any atom is -0.386 e. The molecule has 22 heavy (non-hydrogen) atoms. The van der Waals surface area contributed by atoms with Crippen molar-refractivity contribution < 1.29 is 23.1 Å². The van der Waals surface area contributed by atoms with E-state index in [1.165, 1.54) is 13.1 Å². The number of hydrogen-bond acceptors (Lipinski definition) is 5. The standard InChI is InChI=1S/C12H11ClF3N3O2S/c1-5(20)11-18-4-8(22-11)10(21)19-9-2-6(12(14,15)16)7(13)3-17-9/h3-6,20H,2H2,1H3,(H,17,19,21). The second kappa shape index (κ2) is 6.35. The summed E-state index contributed by atoms with van der Waals surface area (Å²) in [7, 11) is 0. The zero-order valence-corrected chi connectivity index (χ0v) is 12.8. The fourth-order valence-corrected chi connectivity index (χ4v) is 2.71. The molecule has 120 valence electrons. The van der Waals surface area contributed by atoms with Crippen LogP contribution in [0.4, 0.5) is 13.2 Å². The summed E-state index contributed by atoms with van der Waals surface area (Å²) in [6, 6.07) is 0. The Balaban J connectivity index is 2.08. The predicted octanol–water partition coefficient (Wildman–Crippen LogP) is 2.99. The molecule has 2 unspecified atom stereocenters. The first kappa shape index (κ1) is 16.9. The average molecular weight is 354 g/mol. The summed E-state index contributed by atoms with van der Waals surface area (Å²) in [4.78, 5) is 19.7. The minimum absolute atomic E-state index is 0.122. The van der Waals surface area contributed by atoms with Crippen molar-refractivity contribution in [1.29, 1.82) is 0 Å². The first-order chi connectivity index (χ1) is 10.2. The molecule has 0 fully saturated rings. The summed E-state index contributed by atoms with van der Waals surface area (Å²) >= 11 is 6.46. The van der Waals surface area contributed by atoms with Gasteiger partial charge >= 0.3 is 6.18 Å². The molecule has 0 radical (unpaired) electrons. The van der Waals surface area contributed by atoms with Gasteiger partial charge in [-0.1, -0.05) is 11.6 Å². The molecule has 2 N–H and O–H groups in total. The van der Waals surface area contributed by atoms with Crippen LogP contribution in [0, 0.1) is 5.92 Å². The third-order valence-electron chi connectivity index (χ3n) is 2.83. The lowest BCUT2D eigenvalue weighted by atomic mass is 10.0. The van der Waals surface area contributed by atoms with Gasteiger partial charge in [-0.3, -0.25) is 4.79 Å². The molecule has 10 heteroatoms. The zero-order valence-electron chi connectivity index (χ0n) is 11.2. The second-order valence-corrected chi connectivity index (χ2v) is 6.08. The van der Waals surface area contributed by atoms with E-state index in [9.17, 15) is 23.1 Å². The van der Waals surface area contributed by atoms with Gasteiger partial charge in [0.2, 0.25) is 0 Å². The number of aliphatic hydroxyl groups excluding tert-OH is 1. The lowest BCUT2D eigenvalue weighted by molar-refractivity contribution is -0.160. The molecule has 1 aliphatic heterocycles. The Bertz CT molecular complexity index is 640. The molecule has 1 amide bonds. The zero-order chi connectivity index (χ0) is 16.5. The van der Waals surface area contributed by atoms with E-state index >= 15 is 0 Å². The fraction of sp³-hybridized carbons (Fsp3) is 0.417. The number of aliphatic hydroxyl groups is 1. The van der Waals surface area contributed by atoms with Crippen molar-refractivity contribution in [2.24, 2.45) is 10.9 Å². The maximum Gasteiger partial charge on any atom is 0.397 e. The van der Waals surface area contributed by atoms with E-state index in [-0.39, 0.29) is 10.7 Å². The summed E-state index contributed by atoms with van der Waals surface area (Å²) in [6.07, 6.45) is -3.74. The van der Waals surface area contributed by atoms with Crippen LogP contribution in [0.3, 0.4) is 0 Å². The number of carbonyl (C=O) groups is 1. The summed E-state index contributed by atoms with van der Waals surface area (Å²) in [6.45, 7) is 1.49. The molecule has 1 aliphatic rings. The lowest BCUT2D eigenvalue weighted by Gasteiger charge is -2.23. The molecule has 0 bridgehead atoms. The fourth-order valence-electron chi connectivity index (χ4n) is 1.71. The number of aromatic nitrogens is 1. The number of nitrogens with one attached hydrogen (secondary N) is 1. The van der Waals surface area contributed by atoms with Crippen LogP contribution in [-0.2, 0) is 0 Å². The van der Waals surface area contributed by atoms with E-state index in [2.05, 4.69) is 15.3 Å². The summed E-state index contributed by atoms with van der Waals surface area (Å²) in [5.41, 5.74) is 0. The first-order valence-corrected chi connectivity index (χ1v) is 7.32. The van der Waals surface area contributed by atoms with Crippen molar-refractivity contribution in [1.82, 2.24) is 10.3 Å². The average Bonchev–Trinajstić information content (AvgIpc) is 2.89. The van der Waals surface area contributed by atoms with Gasteiger partial charge < -0.3 is 10.4 Å². The quantitative estimate of drug-likeness (QED) is 0.858. The van der Waals surface area contributed by atoms with Crippen LogP contribution in [0.1, 0.15) is 34.1 Å². The minimum atomic E-state index is -4.51. The number of amides is 1. The highest BCUT2D eigenvalue weighted by atomic mass is 35.5. The highest BCUT2D eigenvalue weighted by Crippen LogP contribution is 2.38. The number of amidine groups is 1. The van der Waals surface area contributed by atoms with Crippen LogP contribution in [0.2, 0.25) is 0 Å². The predicted molar refractivity (Wildman–Crippen MR) is 75.7 cm³/mol. The Morgan fingerprint density at radius 2 is 2.27 bits per heavy atom. The van der Waals surface area contributed by atoms with Crippen LogP contribution in [0.5, 0.6) is 0 Å². The first-order valence-electron chi connectivity index (χ1n) is 6.12. The van der Waals surface area contributed by atoms with Crippen molar-refractivity contribution in [3.63, 3.8) is 0 Å². The third kappa shape index (κ3) is 3.84. The van der Waals surface area contributed by atoms with E-state index in [0.717, 1.165) is 17.5 Å². The molecule has 0 aromatic carbocycles. The maximum atomic E-state index is 12.8. The molecular weight excluding hydrogens is 343 g/mol. The highest BCUT2D eigenvalue weighted by Gasteiger charge is 2.43. The Hall–Kier alpha value is -1.45. The van der Waals surface area contributed by atoms with Gasteiger partial charge in [-0.15, -0.1) is 11.3 Å². The van der Waals surface area contributed by atoms with Crippen molar-refractivity contribution in [3.8, 4) is 0 Å². The van der Waals surface area contributed by atoms with Crippen LogP contribution >= 0.6 is 22.9 Å². The topological polar surface area (TPSA) is 74.6 Å². The Morgan fingerprint density at radius 3 is 2.82 bits per heavy atom. The van der Waals surface area contributed by atoms with Gasteiger partial charge in [0.1, 0.15) is 21.8 Å². The van der Waals surface area contributed by atoms with Gasteiger partial charge in [0, 0.05) is 17.7 Å². The largest absolute Gasteiger partial charge is 0.397 e. The summed E-state index contributed by atoms with van der Waals surface area (Å²) in [5.74, 6) is -2.63. The number of hydrogen-bond donors (Lipinski definition) is 2. The van der Waals surface area contributed by atoms with Crippen LogP contribution in [0.25, 0.3) is 0 Å². The molecule has 0 saturated heterocycles. The Morgan fingerprint density at radius 1 is 1.59 bits per heavy atom. The summed E-state index contributed by atoms with van der Waals surface area (Å²) in [5, 5.41) is 11.6. The van der Waals surface area contributed by atoms with E-state index < -0.39 is 35.6 Å². The molecule has 5 nitrogen and oxygen atoms in total. The smallest absolute Gasteiger partial charge is 0.386 e. The summed E-state index contributed by atoms with van der Waals surface area (Å²) < 4.78 is 38.4. The highest BCUT2D eigenvalue weighted by molar-refractivity contribution is 7.13. The van der Waals surface area contributed by atoms with Gasteiger partial charge in [-0.25, -0.2) is 9.98 Å². The van der Waals surface area contributed by atoms with Crippen LogP contribution < -0.4 is 5.32 Å². The normalized spacial score (nSPS) is 20.2. The van der Waals surface area contributed by atoms with Crippen LogP contribution in [0.15, 0.2) is 22.4 Å². The van der Waals surface area contributed by atoms with E-state index in [1.54, 1.807) is 0 Å². The molecular formula is C12H11ClF3N3O2S. The molecule has 2 rings (SSSR count). The van der Waals surface area contributed by atoms with Crippen molar-refractivity contribution in [2.45, 2.75) is 25.6 Å². The third-order valence-corrected chi connectivity index (χ3v) is 4.36. The van der Waals surface area contributed by atoms with Crippen molar-refractivity contribution >= 4 is 34.7 Å². The Labute approximate surface area is 132 Å². The van der Waals surface area contributed by atoms with Gasteiger partial charge in [-0.2, -0.15) is 13.2 Å². The van der Waals surface area contributed by atoms with Crippen molar-refractivity contribution in [3.05, 3.63) is 27.3 Å². The number of alkyl halides is 3. The maximum absolute atomic E-state index is 12.8. The van der Waals surface area contributed by atoms with Gasteiger partial charge in [0.25, 0.3) is 5.91 Å². The van der Waals surface area contributed by atoms with E-state index in [1.807, 2.05) is 0 Å². The number of thiazole rings is 1. The number of aliphatic imine (C=N–C) groups is 1. The molecule has 2 atom stereocenters. The SMILES string of the molecule is CC(O)c1ncc(C(=O)NC2=NC=C(Cl)C(C(F)(F)F)C2)s1. The number of carbonyl (C=O) groups excluding carboxylic acids is 1. The second-order valence-electron chi connectivity index (χ2n) is 4.58. The van der Waals surface area contributed by atoms with Gasteiger partial charge in [-0.05, 0) is 6.92 Å². The molecule has 0 saturated carbocycles. The molecule has 1 aromatic rings. The molecule has 1 aromatic heterocycles. The molecule has 2 heterocycles. The molecule has 0 spiro atoms. The lowest BCUT2D eigenvalue weighted by Crippen LogP contribution is -2.36. The number of halogens is 4. The van der Waals surface area contributed by atoms with Crippen LogP contribution in [-0.4, -0.2) is 28.0 Å². The monoisotopic (exact) mass is 353 g/mol. The molecule has 0 aliphatic carbocycles. The van der Waals surface area contributed by atoms with Gasteiger partial charge in [0.15, 0.2) is 0 Å². The van der Waals surface area contributed by atoms with E-state index in [4.69, 9.17) is 11.6 Å².